The highest BCUT2D eigenvalue weighted by molar-refractivity contribution is 8.01. The molecule has 0 radical (unpaired) electrons. The molecule has 6 nitrogen and oxygen atoms in total. The average molecular weight is 735 g/mol. The predicted octanol–water partition coefficient (Wildman–Crippen LogP) is 6.23. The number of hydrogen-bond acceptors (Lipinski definition) is 5. The lowest BCUT2D eigenvalue weighted by Crippen LogP contribution is -2.68. The topological polar surface area (TPSA) is 73.3 Å². The molecule has 0 amide bonds. The number of benzene rings is 4. The number of aryl methyl sites for hydroxylation is 1. The molecule has 3 atom stereocenters. The average Bonchev–Trinajstić information content (AvgIpc) is 3.10. The zero-order valence-electron chi connectivity index (χ0n) is 30.8. The first-order valence-corrected chi connectivity index (χ1v) is 22.5. The van der Waals surface area contributed by atoms with Gasteiger partial charge in [-0.15, -0.1) is 11.8 Å². The van der Waals surface area contributed by atoms with Crippen LogP contribution in [0.5, 0.6) is 0 Å². The van der Waals surface area contributed by atoms with Crippen LogP contribution in [0, 0.1) is 12.8 Å². The van der Waals surface area contributed by atoms with Gasteiger partial charge in [-0.2, -0.15) is 0 Å². The Bertz CT molecular complexity index is 1950. The maximum absolute atomic E-state index is 13.3. The summed E-state index contributed by atoms with van der Waals surface area (Å²) in [5.41, 5.74) is -0.244. The molecule has 51 heavy (non-hydrogen) atoms. The van der Waals surface area contributed by atoms with E-state index in [2.05, 4.69) is 168 Å². The van der Waals surface area contributed by atoms with Crippen molar-refractivity contribution in [3.05, 3.63) is 154 Å². The Labute approximate surface area is 308 Å². The van der Waals surface area contributed by atoms with E-state index < -0.39 is 22.3 Å². The van der Waals surface area contributed by atoms with Crippen molar-refractivity contribution in [3.63, 3.8) is 0 Å². The fourth-order valence-corrected chi connectivity index (χ4v) is 18.5. The van der Waals surface area contributed by atoms with E-state index in [0.29, 0.717) is 18.8 Å². The molecule has 1 aromatic heterocycles. The molecule has 1 N–H and O–H groups in total. The van der Waals surface area contributed by atoms with E-state index in [0.717, 1.165) is 0 Å². The molecule has 0 saturated carbocycles. The Hall–Kier alpha value is -3.74. The van der Waals surface area contributed by atoms with Crippen molar-refractivity contribution in [2.45, 2.75) is 69.2 Å². The molecule has 0 aliphatic carbocycles. The largest absolute Gasteiger partial charge is 0.407 e. The molecule has 1 aliphatic heterocycles. The van der Waals surface area contributed by atoms with Gasteiger partial charge in [0.15, 0.2) is 0 Å². The summed E-state index contributed by atoms with van der Waals surface area (Å²) in [5, 5.41) is 4.35. The Morgan fingerprint density at radius 2 is 1.00 bits per heavy atom. The van der Waals surface area contributed by atoms with Crippen LogP contribution in [0.1, 0.15) is 52.5 Å². The van der Waals surface area contributed by atoms with E-state index in [1.807, 2.05) is 0 Å². The van der Waals surface area contributed by atoms with Gasteiger partial charge in [0, 0.05) is 36.1 Å². The highest BCUT2D eigenvalue weighted by Crippen LogP contribution is 2.51. The Balaban J connectivity index is 1.42. The molecule has 5 aromatic rings. The number of thioether (sulfide) groups is 1. The zero-order chi connectivity index (χ0) is 36.4. The van der Waals surface area contributed by atoms with Crippen LogP contribution in [0.2, 0.25) is 10.1 Å². The second kappa shape index (κ2) is 14.7. The first kappa shape index (κ1) is 37.0. The molecule has 1 fully saturated rings. The molecule has 1 saturated heterocycles. The quantitative estimate of drug-likeness (QED) is 0.163. The minimum atomic E-state index is -2.87. The van der Waals surface area contributed by atoms with Crippen molar-refractivity contribution in [2.75, 3.05) is 13.2 Å². The lowest BCUT2D eigenvalue weighted by atomic mass is 10.0. The molecule has 1 aliphatic rings. The second-order valence-electron chi connectivity index (χ2n) is 15.7. The Morgan fingerprint density at radius 3 is 1.37 bits per heavy atom. The SMILES string of the molecule is Cc1cn([C@@H]2S[C@H](CO[Si](c3ccccc3)(c3ccccc3)C(C)(C)C)[C@H]2CO[Si](c2ccccc2)(c2ccccc2)C(C)(C)C)c(=O)[nH]c1=O. The van der Waals surface area contributed by atoms with E-state index in [1.165, 1.54) is 20.7 Å². The van der Waals surface area contributed by atoms with Crippen molar-refractivity contribution in [1.29, 1.82) is 0 Å². The summed E-state index contributed by atoms with van der Waals surface area (Å²) in [4.78, 5) is 28.3. The molecule has 6 rings (SSSR count). The Kier molecular flexibility index (Phi) is 10.7. The van der Waals surface area contributed by atoms with Gasteiger partial charge in [-0.3, -0.25) is 14.3 Å². The maximum Gasteiger partial charge on any atom is 0.329 e. The fraction of sp³-hybridized carbons (Fsp3) is 0.333. The van der Waals surface area contributed by atoms with Gasteiger partial charge in [0.05, 0.1) is 5.37 Å². The van der Waals surface area contributed by atoms with Crippen molar-refractivity contribution >= 4 is 49.1 Å². The van der Waals surface area contributed by atoms with Gasteiger partial charge in [0.1, 0.15) is 0 Å². The molecule has 0 bridgehead atoms. The number of aromatic nitrogens is 2. The van der Waals surface area contributed by atoms with Crippen LogP contribution in [-0.4, -0.2) is 44.6 Å². The summed E-state index contributed by atoms with van der Waals surface area (Å²) in [6.07, 6.45) is 1.70. The van der Waals surface area contributed by atoms with Gasteiger partial charge in [0.2, 0.25) is 0 Å². The van der Waals surface area contributed by atoms with Gasteiger partial charge in [0.25, 0.3) is 22.2 Å². The van der Waals surface area contributed by atoms with Crippen LogP contribution in [0.25, 0.3) is 0 Å². The van der Waals surface area contributed by atoms with Gasteiger partial charge >= 0.3 is 5.69 Å². The van der Waals surface area contributed by atoms with E-state index in [9.17, 15) is 9.59 Å². The summed E-state index contributed by atoms with van der Waals surface area (Å²) in [5.74, 6) is -0.0575. The number of nitrogens with zero attached hydrogens (tertiary/aromatic N) is 1. The minimum Gasteiger partial charge on any atom is -0.407 e. The van der Waals surface area contributed by atoms with E-state index >= 15 is 0 Å². The van der Waals surface area contributed by atoms with Gasteiger partial charge < -0.3 is 8.85 Å². The summed E-state index contributed by atoms with van der Waals surface area (Å²) in [6.45, 7) is 16.4. The number of H-pyrrole nitrogens is 1. The lowest BCUT2D eigenvalue weighted by Gasteiger charge is -2.50. The van der Waals surface area contributed by atoms with E-state index in [1.54, 1.807) is 29.4 Å². The summed E-state index contributed by atoms with van der Waals surface area (Å²) in [6, 6.07) is 42.7. The van der Waals surface area contributed by atoms with Crippen LogP contribution < -0.4 is 32.0 Å². The number of hydrogen-bond donors (Lipinski definition) is 1. The van der Waals surface area contributed by atoms with Crippen LogP contribution in [-0.2, 0) is 8.85 Å². The summed E-state index contributed by atoms with van der Waals surface area (Å²) in [7, 11) is -5.68. The van der Waals surface area contributed by atoms with Gasteiger partial charge in [-0.1, -0.05) is 163 Å². The maximum atomic E-state index is 13.3. The summed E-state index contributed by atoms with van der Waals surface area (Å²) >= 11 is 1.73. The number of aromatic amines is 1. The molecule has 0 spiro atoms. The molecule has 0 unspecified atom stereocenters. The third kappa shape index (κ3) is 6.94. The van der Waals surface area contributed by atoms with E-state index in [-0.39, 0.29) is 32.2 Å². The van der Waals surface area contributed by atoms with Crippen molar-refractivity contribution < 1.29 is 8.85 Å². The molecule has 9 heteroatoms. The van der Waals surface area contributed by atoms with Crippen molar-refractivity contribution in [2.24, 2.45) is 5.92 Å². The number of nitrogens with one attached hydrogen (secondary N) is 1. The Morgan fingerprint density at radius 1 is 0.627 bits per heavy atom. The summed E-state index contributed by atoms with van der Waals surface area (Å²) < 4.78 is 16.7. The second-order valence-corrected chi connectivity index (χ2v) is 25.6. The minimum absolute atomic E-state index is 0.0500. The highest BCUT2D eigenvalue weighted by atomic mass is 32.2. The van der Waals surface area contributed by atoms with Crippen LogP contribution in [0.4, 0.5) is 0 Å². The van der Waals surface area contributed by atoms with Gasteiger partial charge in [-0.05, 0) is 37.7 Å². The van der Waals surface area contributed by atoms with Crippen LogP contribution >= 0.6 is 11.8 Å². The van der Waals surface area contributed by atoms with Crippen LogP contribution in [0.3, 0.4) is 0 Å². The molecule has 4 aromatic carbocycles. The normalized spacial score (nSPS) is 18.3. The predicted molar refractivity (Wildman–Crippen MR) is 217 cm³/mol. The van der Waals surface area contributed by atoms with Crippen molar-refractivity contribution in [1.82, 2.24) is 9.55 Å². The third-order valence-corrected chi connectivity index (χ3v) is 22.1. The smallest absolute Gasteiger partial charge is 0.329 e. The zero-order valence-corrected chi connectivity index (χ0v) is 33.6. The van der Waals surface area contributed by atoms with Gasteiger partial charge in [-0.25, -0.2) is 4.79 Å². The van der Waals surface area contributed by atoms with Crippen LogP contribution in [0.15, 0.2) is 137 Å². The monoisotopic (exact) mass is 734 g/mol. The third-order valence-electron chi connectivity index (χ3n) is 10.4. The first-order chi connectivity index (χ1) is 24.3. The molecular formula is C42H50N2O4SSi2. The fourth-order valence-electron chi connectivity index (χ4n) is 7.83. The van der Waals surface area contributed by atoms with E-state index in [4.69, 9.17) is 8.85 Å². The standard InChI is InChI=1S/C42H50N2O4SSi2/c1-31-28-44(40(46)43-38(31)45)39-36(29-47-50(41(2,3)4,32-20-12-8-13-21-32)33-22-14-9-15-23-33)37(49-39)30-48-51(42(5,6)7,34-24-16-10-17-25-34)35-26-18-11-19-27-35/h8-28,36-37,39H,29-30H2,1-7H3,(H,43,45,46)/t36-,37-,39-/m1/s1. The number of rotatable bonds is 11. The first-order valence-electron chi connectivity index (χ1n) is 17.8. The molecule has 266 valence electrons. The molecule has 2 heterocycles. The lowest BCUT2D eigenvalue weighted by molar-refractivity contribution is 0.165. The highest BCUT2D eigenvalue weighted by Gasteiger charge is 2.55. The molecular weight excluding hydrogens is 685 g/mol. The van der Waals surface area contributed by atoms with Crippen molar-refractivity contribution in [3.8, 4) is 0 Å².